The van der Waals surface area contributed by atoms with Crippen molar-refractivity contribution in [2.45, 2.75) is 25.8 Å². The molecule has 0 saturated heterocycles. The van der Waals surface area contributed by atoms with E-state index in [0.29, 0.717) is 11.4 Å². The van der Waals surface area contributed by atoms with Gasteiger partial charge in [0, 0.05) is 12.1 Å². The third-order valence-electron chi connectivity index (χ3n) is 3.39. The molecule has 4 nitrogen and oxygen atoms in total. The molecule has 1 aromatic heterocycles. The fourth-order valence-corrected chi connectivity index (χ4v) is 2.51. The van der Waals surface area contributed by atoms with Gasteiger partial charge in [0.2, 0.25) is 0 Å². The molecule has 20 heavy (non-hydrogen) atoms. The number of methoxy groups -OCH3 is 1. The predicted octanol–water partition coefficient (Wildman–Crippen LogP) is 2.89. The summed E-state index contributed by atoms with van der Waals surface area (Å²) >= 11 is 6.05. The molecule has 0 radical (unpaired) electrons. The Morgan fingerprint density at radius 2 is 2.15 bits per heavy atom. The van der Waals surface area contributed by atoms with Gasteiger partial charge in [-0.25, -0.2) is 0 Å². The SMILES string of the molecule is CCc1cc(C(N)Cc2cc(Cl)ccc2OC)n(C)n1. The van der Waals surface area contributed by atoms with Gasteiger partial charge in [0.25, 0.3) is 0 Å². The predicted molar refractivity (Wildman–Crippen MR) is 81.2 cm³/mol. The van der Waals surface area contributed by atoms with E-state index >= 15 is 0 Å². The highest BCUT2D eigenvalue weighted by Gasteiger charge is 2.15. The van der Waals surface area contributed by atoms with Crippen molar-refractivity contribution in [2.24, 2.45) is 12.8 Å². The van der Waals surface area contributed by atoms with Crippen LogP contribution in [0.1, 0.15) is 29.9 Å². The van der Waals surface area contributed by atoms with Crippen LogP contribution < -0.4 is 10.5 Å². The van der Waals surface area contributed by atoms with Crippen molar-refractivity contribution in [3.8, 4) is 5.75 Å². The number of nitrogens with two attached hydrogens (primary N) is 1. The van der Waals surface area contributed by atoms with Gasteiger partial charge in [-0.1, -0.05) is 18.5 Å². The van der Waals surface area contributed by atoms with Crippen molar-refractivity contribution in [3.63, 3.8) is 0 Å². The number of rotatable bonds is 5. The quantitative estimate of drug-likeness (QED) is 0.922. The summed E-state index contributed by atoms with van der Waals surface area (Å²) in [6.07, 6.45) is 1.56. The minimum Gasteiger partial charge on any atom is -0.496 e. The zero-order valence-corrected chi connectivity index (χ0v) is 12.8. The van der Waals surface area contributed by atoms with Gasteiger partial charge < -0.3 is 10.5 Å². The highest BCUT2D eigenvalue weighted by molar-refractivity contribution is 6.30. The average molecular weight is 294 g/mol. The maximum Gasteiger partial charge on any atom is 0.122 e. The number of ether oxygens (including phenoxy) is 1. The third kappa shape index (κ3) is 3.14. The Balaban J connectivity index is 2.24. The summed E-state index contributed by atoms with van der Waals surface area (Å²) in [6, 6.07) is 7.50. The number of aromatic nitrogens is 2. The monoisotopic (exact) mass is 293 g/mol. The van der Waals surface area contributed by atoms with Crippen LogP contribution in [-0.2, 0) is 19.9 Å². The lowest BCUT2D eigenvalue weighted by molar-refractivity contribution is 0.407. The van der Waals surface area contributed by atoms with E-state index in [1.807, 2.05) is 29.9 Å². The Hall–Kier alpha value is -1.52. The molecule has 1 aromatic carbocycles. The summed E-state index contributed by atoms with van der Waals surface area (Å²) in [4.78, 5) is 0. The minimum absolute atomic E-state index is 0.139. The van der Waals surface area contributed by atoms with E-state index in [1.165, 1.54) is 0 Å². The van der Waals surface area contributed by atoms with Crippen LogP contribution in [0.4, 0.5) is 0 Å². The van der Waals surface area contributed by atoms with Crippen LogP contribution in [-0.4, -0.2) is 16.9 Å². The molecule has 108 valence electrons. The molecule has 0 amide bonds. The van der Waals surface area contributed by atoms with Crippen LogP contribution in [0.3, 0.4) is 0 Å². The molecule has 0 bridgehead atoms. The summed E-state index contributed by atoms with van der Waals surface area (Å²) in [6.45, 7) is 2.08. The Morgan fingerprint density at radius 1 is 1.40 bits per heavy atom. The Morgan fingerprint density at radius 3 is 2.75 bits per heavy atom. The molecule has 0 aliphatic carbocycles. The lowest BCUT2D eigenvalue weighted by Gasteiger charge is -2.14. The minimum atomic E-state index is -0.139. The van der Waals surface area contributed by atoms with E-state index in [-0.39, 0.29) is 6.04 Å². The molecule has 1 heterocycles. The number of benzene rings is 1. The Kier molecular flexibility index (Phi) is 4.68. The maximum atomic E-state index is 6.31. The number of hydrogen-bond donors (Lipinski definition) is 1. The lowest BCUT2D eigenvalue weighted by atomic mass is 10.0. The topological polar surface area (TPSA) is 53.1 Å². The maximum absolute atomic E-state index is 6.31. The molecule has 0 saturated carbocycles. The largest absolute Gasteiger partial charge is 0.496 e. The Bertz CT molecular complexity index is 595. The molecule has 0 fully saturated rings. The van der Waals surface area contributed by atoms with Crippen LogP contribution in [0.25, 0.3) is 0 Å². The summed E-state index contributed by atoms with van der Waals surface area (Å²) in [5, 5.41) is 5.12. The first kappa shape index (κ1) is 14.9. The van der Waals surface area contributed by atoms with Crippen molar-refractivity contribution in [3.05, 3.63) is 46.2 Å². The second kappa shape index (κ2) is 6.29. The summed E-state index contributed by atoms with van der Waals surface area (Å²) in [5.41, 5.74) is 9.39. The molecular formula is C15H20ClN3O. The van der Waals surface area contributed by atoms with E-state index in [1.54, 1.807) is 7.11 Å². The number of aryl methyl sites for hydroxylation is 2. The summed E-state index contributed by atoms with van der Waals surface area (Å²) in [5.74, 6) is 0.808. The standard InChI is InChI=1S/C15H20ClN3O/c1-4-12-9-14(19(2)18-12)13(17)8-10-7-11(16)5-6-15(10)20-3/h5-7,9,13H,4,8,17H2,1-3H3. The fourth-order valence-electron chi connectivity index (χ4n) is 2.31. The van der Waals surface area contributed by atoms with E-state index in [9.17, 15) is 0 Å². The zero-order chi connectivity index (χ0) is 14.7. The molecule has 1 unspecified atom stereocenters. The molecule has 5 heteroatoms. The van der Waals surface area contributed by atoms with Gasteiger partial charge in [-0.15, -0.1) is 0 Å². The molecular weight excluding hydrogens is 274 g/mol. The fraction of sp³-hybridized carbons (Fsp3) is 0.400. The van der Waals surface area contributed by atoms with Gasteiger partial charge in [0.15, 0.2) is 0 Å². The van der Waals surface area contributed by atoms with Gasteiger partial charge in [-0.3, -0.25) is 4.68 Å². The Labute approximate surface area is 124 Å². The van der Waals surface area contributed by atoms with Crippen molar-refractivity contribution in [1.29, 1.82) is 0 Å². The number of hydrogen-bond acceptors (Lipinski definition) is 3. The molecule has 2 rings (SSSR count). The van der Waals surface area contributed by atoms with Gasteiger partial charge in [-0.2, -0.15) is 5.10 Å². The van der Waals surface area contributed by atoms with E-state index in [2.05, 4.69) is 18.1 Å². The molecule has 0 spiro atoms. The zero-order valence-electron chi connectivity index (χ0n) is 12.1. The normalized spacial score (nSPS) is 12.4. The number of halogens is 1. The van der Waals surface area contributed by atoms with Crippen molar-refractivity contribution in [2.75, 3.05) is 7.11 Å². The van der Waals surface area contributed by atoms with Crippen molar-refractivity contribution in [1.82, 2.24) is 9.78 Å². The third-order valence-corrected chi connectivity index (χ3v) is 3.63. The molecule has 2 N–H and O–H groups in total. The first-order chi connectivity index (χ1) is 9.55. The van der Waals surface area contributed by atoms with Gasteiger partial charge in [0.1, 0.15) is 5.75 Å². The smallest absolute Gasteiger partial charge is 0.122 e. The molecule has 1 atom stereocenters. The molecule has 2 aromatic rings. The van der Waals surface area contributed by atoms with Crippen LogP contribution in [0.5, 0.6) is 5.75 Å². The van der Waals surface area contributed by atoms with E-state index in [4.69, 9.17) is 22.1 Å². The van der Waals surface area contributed by atoms with Crippen molar-refractivity contribution < 1.29 is 4.74 Å². The molecule has 0 aliphatic heterocycles. The van der Waals surface area contributed by atoms with Crippen molar-refractivity contribution >= 4 is 11.6 Å². The average Bonchev–Trinajstić information content (AvgIpc) is 2.80. The van der Waals surface area contributed by atoms with Gasteiger partial charge in [0.05, 0.1) is 24.5 Å². The van der Waals surface area contributed by atoms with Gasteiger partial charge >= 0.3 is 0 Å². The highest BCUT2D eigenvalue weighted by Crippen LogP contribution is 2.27. The van der Waals surface area contributed by atoms with E-state index in [0.717, 1.165) is 29.1 Å². The summed E-state index contributed by atoms with van der Waals surface area (Å²) in [7, 11) is 3.57. The van der Waals surface area contributed by atoms with Crippen LogP contribution >= 0.6 is 11.6 Å². The lowest BCUT2D eigenvalue weighted by Crippen LogP contribution is -2.17. The number of nitrogens with zero attached hydrogens (tertiary/aromatic N) is 2. The van der Waals surface area contributed by atoms with E-state index < -0.39 is 0 Å². The van der Waals surface area contributed by atoms with Crippen LogP contribution in [0.2, 0.25) is 5.02 Å². The van der Waals surface area contributed by atoms with Crippen LogP contribution in [0.15, 0.2) is 24.3 Å². The first-order valence-corrected chi connectivity index (χ1v) is 7.03. The highest BCUT2D eigenvalue weighted by atomic mass is 35.5. The summed E-state index contributed by atoms with van der Waals surface area (Å²) < 4.78 is 7.20. The first-order valence-electron chi connectivity index (χ1n) is 6.66. The second-order valence-electron chi connectivity index (χ2n) is 4.80. The van der Waals surface area contributed by atoms with Gasteiger partial charge in [-0.05, 0) is 42.7 Å². The van der Waals surface area contributed by atoms with Crippen LogP contribution in [0, 0.1) is 0 Å². The second-order valence-corrected chi connectivity index (χ2v) is 5.24. The molecule has 0 aliphatic rings.